The van der Waals surface area contributed by atoms with Crippen LogP contribution >= 0.6 is 11.6 Å². The normalized spacial score (nSPS) is 17.4. The van der Waals surface area contributed by atoms with Crippen LogP contribution in [0.25, 0.3) is 0 Å². The molecule has 0 bridgehead atoms. The number of carbonyl (C=O) groups is 1. The van der Waals surface area contributed by atoms with Crippen LogP contribution in [-0.4, -0.2) is 29.4 Å². The molecule has 1 N–H and O–H groups in total. The summed E-state index contributed by atoms with van der Waals surface area (Å²) in [6, 6.07) is 10.4. The summed E-state index contributed by atoms with van der Waals surface area (Å²) in [7, 11) is 0. The molecule has 0 saturated heterocycles. The third-order valence-corrected chi connectivity index (χ3v) is 5.24. The number of aliphatic carboxylic acids is 1. The Labute approximate surface area is 183 Å². The summed E-state index contributed by atoms with van der Waals surface area (Å²) in [4.78, 5) is 11.0. The first-order chi connectivity index (χ1) is 14.5. The second kappa shape index (κ2) is 9.18. The van der Waals surface area contributed by atoms with Gasteiger partial charge in [-0.25, -0.2) is 0 Å². The lowest BCUT2D eigenvalue weighted by Crippen LogP contribution is -2.32. The Morgan fingerprint density at radius 2 is 1.97 bits per heavy atom. The Morgan fingerprint density at radius 1 is 1.29 bits per heavy atom. The van der Waals surface area contributed by atoms with Gasteiger partial charge in [-0.15, -0.1) is 0 Å². The lowest BCUT2D eigenvalue weighted by molar-refractivity contribution is -0.141. The lowest BCUT2D eigenvalue weighted by Gasteiger charge is -2.25. The van der Waals surface area contributed by atoms with Crippen LogP contribution in [0.5, 0.6) is 5.75 Å². The minimum atomic E-state index is -4.63. The Kier molecular flexibility index (Phi) is 6.79. The van der Waals surface area contributed by atoms with Crippen molar-refractivity contribution in [3.05, 3.63) is 58.6 Å². The molecule has 9 heteroatoms. The van der Waals surface area contributed by atoms with Crippen LogP contribution in [0.2, 0.25) is 5.02 Å². The Balaban J connectivity index is 1.78. The van der Waals surface area contributed by atoms with Gasteiger partial charge in [0.05, 0.1) is 23.2 Å². The number of rotatable bonds is 7. The second-order valence-corrected chi connectivity index (χ2v) is 8.03. The van der Waals surface area contributed by atoms with E-state index >= 15 is 0 Å². The molecule has 0 radical (unpaired) electrons. The van der Waals surface area contributed by atoms with E-state index in [1.165, 1.54) is 19.1 Å². The van der Waals surface area contributed by atoms with Gasteiger partial charge >= 0.3 is 12.1 Å². The van der Waals surface area contributed by atoms with Crippen LogP contribution in [0.1, 0.15) is 31.4 Å². The molecule has 2 unspecified atom stereocenters. The van der Waals surface area contributed by atoms with E-state index in [2.05, 4.69) is 5.10 Å². The highest BCUT2D eigenvalue weighted by Crippen LogP contribution is 2.38. The lowest BCUT2D eigenvalue weighted by atomic mass is 9.99. The van der Waals surface area contributed by atoms with E-state index in [-0.39, 0.29) is 30.4 Å². The predicted molar refractivity (Wildman–Crippen MR) is 113 cm³/mol. The van der Waals surface area contributed by atoms with Crippen molar-refractivity contribution in [2.75, 3.05) is 11.6 Å². The molecule has 0 amide bonds. The Bertz CT molecular complexity index is 977. The zero-order valence-corrected chi connectivity index (χ0v) is 17.7. The van der Waals surface area contributed by atoms with Gasteiger partial charge in [-0.05, 0) is 55.3 Å². The maximum absolute atomic E-state index is 13.6. The molecule has 0 saturated carbocycles. The van der Waals surface area contributed by atoms with Gasteiger partial charge < -0.3 is 9.84 Å². The first-order valence-corrected chi connectivity index (χ1v) is 10.1. The fourth-order valence-corrected chi connectivity index (χ4v) is 3.53. The van der Waals surface area contributed by atoms with Crippen LogP contribution in [0.4, 0.5) is 18.9 Å². The number of hydrogen-bond donors (Lipinski definition) is 1. The van der Waals surface area contributed by atoms with Crippen LogP contribution in [0.3, 0.4) is 0 Å². The summed E-state index contributed by atoms with van der Waals surface area (Å²) in [6.07, 6.45) is -4.08. The molecule has 166 valence electrons. The third-order valence-electron chi connectivity index (χ3n) is 4.99. The molecule has 0 aromatic heterocycles. The van der Waals surface area contributed by atoms with Gasteiger partial charge in [0.2, 0.25) is 0 Å². The minimum Gasteiger partial charge on any atom is -0.491 e. The fourth-order valence-electron chi connectivity index (χ4n) is 3.40. The highest BCUT2D eigenvalue weighted by Gasteiger charge is 2.35. The number of alkyl halides is 3. The summed E-state index contributed by atoms with van der Waals surface area (Å²) in [6.45, 7) is 3.30. The van der Waals surface area contributed by atoms with E-state index in [0.717, 1.165) is 17.5 Å². The zero-order valence-electron chi connectivity index (χ0n) is 17.0. The topological polar surface area (TPSA) is 62.1 Å². The van der Waals surface area contributed by atoms with Crippen molar-refractivity contribution < 1.29 is 27.8 Å². The molecule has 1 aliphatic rings. The van der Waals surface area contributed by atoms with Crippen molar-refractivity contribution in [1.82, 2.24) is 0 Å². The van der Waals surface area contributed by atoms with Crippen LogP contribution in [0, 0.1) is 5.92 Å². The van der Waals surface area contributed by atoms with E-state index in [0.29, 0.717) is 11.4 Å². The molecular formula is C22H22ClF3N2O3. The monoisotopic (exact) mass is 454 g/mol. The van der Waals surface area contributed by atoms with Crippen LogP contribution < -0.4 is 9.75 Å². The second-order valence-electron chi connectivity index (χ2n) is 7.60. The summed E-state index contributed by atoms with van der Waals surface area (Å²) in [5.74, 6) is -2.15. The van der Waals surface area contributed by atoms with Gasteiger partial charge in [0, 0.05) is 17.2 Å². The number of ether oxygens (including phenoxy) is 1. The molecule has 2 aromatic rings. The van der Waals surface area contributed by atoms with Crippen molar-refractivity contribution >= 4 is 29.0 Å². The maximum atomic E-state index is 13.6. The fraction of sp³-hybridized carbons (Fsp3) is 0.364. The number of nitrogens with zero attached hydrogens (tertiary/aromatic N) is 2. The Morgan fingerprint density at radius 3 is 2.58 bits per heavy atom. The number of anilines is 1. The first-order valence-electron chi connectivity index (χ1n) is 9.69. The SMILES string of the molecule is CC1=NN(c2ccc(Cl)cc2)C(COc2ccc(CC(C)C(=O)O)cc2C(F)(F)F)C1. The summed E-state index contributed by atoms with van der Waals surface area (Å²) in [5, 5.41) is 15.8. The van der Waals surface area contributed by atoms with Crippen molar-refractivity contribution in [3.8, 4) is 5.75 Å². The average Bonchev–Trinajstić information content (AvgIpc) is 3.07. The molecule has 1 heterocycles. The maximum Gasteiger partial charge on any atom is 0.419 e. The number of carboxylic acids is 1. The molecule has 2 atom stereocenters. The van der Waals surface area contributed by atoms with Gasteiger partial charge in [0.15, 0.2) is 0 Å². The predicted octanol–water partition coefficient (Wildman–Crippen LogP) is 5.66. The van der Waals surface area contributed by atoms with Crippen LogP contribution in [-0.2, 0) is 17.4 Å². The summed E-state index contributed by atoms with van der Waals surface area (Å²) in [5.41, 5.74) is 0.982. The van der Waals surface area contributed by atoms with Gasteiger partial charge in [0.1, 0.15) is 12.4 Å². The molecule has 2 aromatic carbocycles. The van der Waals surface area contributed by atoms with Gasteiger partial charge in [0.25, 0.3) is 0 Å². The number of hydrogen-bond acceptors (Lipinski definition) is 4. The molecule has 0 aliphatic carbocycles. The van der Waals surface area contributed by atoms with E-state index in [1.54, 1.807) is 29.3 Å². The largest absolute Gasteiger partial charge is 0.491 e. The zero-order chi connectivity index (χ0) is 22.8. The van der Waals surface area contributed by atoms with Gasteiger partial charge in [-0.3, -0.25) is 9.80 Å². The highest BCUT2D eigenvalue weighted by atomic mass is 35.5. The number of halogens is 4. The number of carboxylic acid groups (broad SMARTS) is 1. The summed E-state index contributed by atoms with van der Waals surface area (Å²) >= 11 is 5.93. The minimum absolute atomic E-state index is 0.00129. The smallest absolute Gasteiger partial charge is 0.419 e. The first kappa shape index (κ1) is 22.9. The van der Waals surface area contributed by atoms with Crippen molar-refractivity contribution in [3.63, 3.8) is 0 Å². The van der Waals surface area contributed by atoms with Crippen molar-refractivity contribution in [2.24, 2.45) is 11.0 Å². The quantitative estimate of drug-likeness (QED) is 0.586. The van der Waals surface area contributed by atoms with E-state index in [4.69, 9.17) is 21.4 Å². The summed E-state index contributed by atoms with van der Waals surface area (Å²) < 4.78 is 46.5. The molecule has 3 rings (SSSR count). The van der Waals surface area contributed by atoms with E-state index in [1.807, 2.05) is 6.92 Å². The van der Waals surface area contributed by atoms with E-state index < -0.39 is 23.6 Å². The number of benzene rings is 2. The van der Waals surface area contributed by atoms with Gasteiger partial charge in [-0.1, -0.05) is 24.6 Å². The number of hydrazone groups is 1. The average molecular weight is 455 g/mol. The van der Waals surface area contributed by atoms with Crippen molar-refractivity contribution in [2.45, 2.75) is 38.9 Å². The Hall–Kier alpha value is -2.74. The van der Waals surface area contributed by atoms with E-state index in [9.17, 15) is 18.0 Å². The van der Waals surface area contributed by atoms with Crippen LogP contribution in [0.15, 0.2) is 47.6 Å². The molecule has 1 aliphatic heterocycles. The van der Waals surface area contributed by atoms with Gasteiger partial charge in [-0.2, -0.15) is 18.3 Å². The third kappa shape index (κ3) is 5.70. The molecular weight excluding hydrogens is 433 g/mol. The van der Waals surface area contributed by atoms with Crippen molar-refractivity contribution in [1.29, 1.82) is 0 Å². The molecule has 5 nitrogen and oxygen atoms in total. The molecule has 0 fully saturated rings. The standard InChI is InChI=1S/C22H22ClF3N2O3/c1-13(21(29)30)9-15-3-8-20(19(11-15)22(24,25)26)31-12-18-10-14(2)27-28(18)17-6-4-16(23)5-7-17/h3-8,11,13,18H,9-10,12H2,1-2H3,(H,29,30). The molecule has 0 spiro atoms. The highest BCUT2D eigenvalue weighted by molar-refractivity contribution is 6.30. The molecule has 31 heavy (non-hydrogen) atoms.